The fourth-order valence-electron chi connectivity index (χ4n) is 3.52. The third-order valence-electron chi connectivity index (χ3n) is 5.50. The molecular formula is C28H23Cl2IN2O3S. The normalized spacial score (nSPS) is 15.5. The van der Waals surface area contributed by atoms with Gasteiger partial charge in [0, 0.05) is 10.0 Å². The SMILES string of the molecule is C=CCOc1c(I)cc(/C=C2/SC(=Nc3ccc(C)c(Cl)c3)N(c3ccc(C)c(Cl)c3)C2=O)cc1OC. The van der Waals surface area contributed by atoms with Gasteiger partial charge in [0.2, 0.25) is 0 Å². The van der Waals surface area contributed by atoms with Crippen LogP contribution in [0.2, 0.25) is 10.0 Å². The number of thioether (sulfide) groups is 1. The van der Waals surface area contributed by atoms with E-state index in [0.29, 0.717) is 49.6 Å². The van der Waals surface area contributed by atoms with E-state index in [1.807, 2.05) is 56.3 Å². The van der Waals surface area contributed by atoms with Gasteiger partial charge in [-0.25, -0.2) is 4.99 Å². The van der Waals surface area contributed by atoms with Gasteiger partial charge in [-0.3, -0.25) is 9.69 Å². The van der Waals surface area contributed by atoms with Crippen molar-refractivity contribution in [2.75, 3.05) is 18.6 Å². The lowest BCUT2D eigenvalue weighted by molar-refractivity contribution is -0.113. The summed E-state index contributed by atoms with van der Waals surface area (Å²) < 4.78 is 12.2. The third-order valence-corrected chi connectivity index (χ3v) is 8.08. The molecule has 0 saturated carbocycles. The van der Waals surface area contributed by atoms with Crippen molar-refractivity contribution in [3.05, 3.63) is 96.4 Å². The molecule has 0 N–H and O–H groups in total. The minimum absolute atomic E-state index is 0.206. The lowest BCUT2D eigenvalue weighted by Gasteiger charge is -2.16. The molecule has 0 radical (unpaired) electrons. The Morgan fingerprint density at radius 1 is 1.08 bits per heavy atom. The molecule has 1 aliphatic rings. The molecule has 190 valence electrons. The molecule has 1 heterocycles. The van der Waals surface area contributed by atoms with Gasteiger partial charge in [-0.05, 0) is 107 Å². The minimum atomic E-state index is -0.206. The number of ether oxygens (including phenoxy) is 2. The number of amides is 1. The molecule has 0 atom stereocenters. The van der Waals surface area contributed by atoms with E-state index in [0.717, 1.165) is 20.3 Å². The van der Waals surface area contributed by atoms with Crippen LogP contribution in [0.4, 0.5) is 11.4 Å². The number of benzene rings is 3. The number of carbonyl (C=O) groups is 1. The van der Waals surface area contributed by atoms with Gasteiger partial charge in [0.1, 0.15) is 6.61 Å². The van der Waals surface area contributed by atoms with Crippen molar-refractivity contribution >= 4 is 86.1 Å². The largest absolute Gasteiger partial charge is 0.493 e. The number of halogens is 3. The number of amidine groups is 1. The molecule has 3 aromatic carbocycles. The number of nitrogens with zero attached hydrogens (tertiary/aromatic N) is 2. The molecule has 0 spiro atoms. The minimum Gasteiger partial charge on any atom is -0.493 e. The van der Waals surface area contributed by atoms with E-state index >= 15 is 0 Å². The molecule has 37 heavy (non-hydrogen) atoms. The Morgan fingerprint density at radius 3 is 2.43 bits per heavy atom. The highest BCUT2D eigenvalue weighted by Gasteiger charge is 2.35. The van der Waals surface area contributed by atoms with Gasteiger partial charge in [0.15, 0.2) is 16.7 Å². The molecule has 9 heteroatoms. The fourth-order valence-corrected chi connectivity index (χ4v) is 5.65. The standard InChI is InChI=1S/C28H23Cl2IN2O3S/c1-5-10-36-26-23(31)11-18(12-24(26)35-4)13-25-27(34)33(20-9-7-17(3)22(30)15-20)28(37-25)32-19-8-6-16(2)21(29)14-19/h5-9,11-15H,1,10H2,2-4H3/b25-13+,32-28?. The van der Waals surface area contributed by atoms with Crippen LogP contribution < -0.4 is 14.4 Å². The molecule has 0 unspecified atom stereocenters. The molecule has 1 aliphatic heterocycles. The highest BCUT2D eigenvalue weighted by atomic mass is 127. The second-order valence-electron chi connectivity index (χ2n) is 8.15. The molecule has 0 aliphatic carbocycles. The van der Waals surface area contributed by atoms with Crippen molar-refractivity contribution in [3.8, 4) is 11.5 Å². The topological polar surface area (TPSA) is 51.1 Å². The summed E-state index contributed by atoms with van der Waals surface area (Å²) >= 11 is 16.2. The zero-order chi connectivity index (χ0) is 26.7. The van der Waals surface area contributed by atoms with E-state index in [-0.39, 0.29) is 5.91 Å². The van der Waals surface area contributed by atoms with Gasteiger partial charge in [0.05, 0.1) is 27.0 Å². The highest BCUT2D eigenvalue weighted by Crippen LogP contribution is 2.40. The second kappa shape index (κ2) is 11.9. The quantitative estimate of drug-likeness (QED) is 0.144. The maximum absolute atomic E-state index is 13.7. The fraction of sp³-hybridized carbons (Fsp3) is 0.143. The van der Waals surface area contributed by atoms with E-state index in [1.54, 1.807) is 30.2 Å². The first kappa shape index (κ1) is 27.6. The summed E-state index contributed by atoms with van der Waals surface area (Å²) in [5.74, 6) is 0.995. The lowest BCUT2D eigenvalue weighted by atomic mass is 10.1. The van der Waals surface area contributed by atoms with Crippen LogP contribution in [0, 0.1) is 17.4 Å². The van der Waals surface area contributed by atoms with Gasteiger partial charge in [-0.2, -0.15) is 0 Å². The highest BCUT2D eigenvalue weighted by molar-refractivity contribution is 14.1. The number of hydrogen-bond acceptors (Lipinski definition) is 5. The Kier molecular flexibility index (Phi) is 8.90. The Hall–Kier alpha value is -2.46. The summed E-state index contributed by atoms with van der Waals surface area (Å²) in [5.41, 5.74) is 3.95. The van der Waals surface area contributed by atoms with Crippen LogP contribution in [0.15, 0.2) is 71.1 Å². The predicted octanol–water partition coefficient (Wildman–Crippen LogP) is 8.60. The Balaban J connectivity index is 1.79. The number of aryl methyl sites for hydroxylation is 2. The van der Waals surface area contributed by atoms with Gasteiger partial charge >= 0.3 is 0 Å². The molecule has 1 saturated heterocycles. The zero-order valence-electron chi connectivity index (χ0n) is 20.3. The number of aliphatic imine (C=N–C) groups is 1. The van der Waals surface area contributed by atoms with Crippen LogP contribution in [-0.4, -0.2) is 24.8 Å². The number of rotatable bonds is 7. The maximum Gasteiger partial charge on any atom is 0.271 e. The number of anilines is 1. The van der Waals surface area contributed by atoms with Crippen molar-refractivity contribution in [2.45, 2.75) is 13.8 Å². The molecule has 1 fully saturated rings. The van der Waals surface area contributed by atoms with Crippen LogP contribution in [0.3, 0.4) is 0 Å². The molecular weight excluding hydrogens is 642 g/mol. The molecule has 3 aromatic rings. The van der Waals surface area contributed by atoms with E-state index in [9.17, 15) is 4.79 Å². The Labute approximate surface area is 244 Å². The first-order valence-electron chi connectivity index (χ1n) is 11.2. The smallest absolute Gasteiger partial charge is 0.271 e. The van der Waals surface area contributed by atoms with Gasteiger partial charge in [0.25, 0.3) is 5.91 Å². The predicted molar refractivity (Wildman–Crippen MR) is 164 cm³/mol. The van der Waals surface area contributed by atoms with Crippen molar-refractivity contribution in [3.63, 3.8) is 0 Å². The number of carbonyl (C=O) groups excluding carboxylic acids is 1. The first-order valence-corrected chi connectivity index (χ1v) is 13.8. The van der Waals surface area contributed by atoms with E-state index < -0.39 is 0 Å². The van der Waals surface area contributed by atoms with Crippen LogP contribution in [-0.2, 0) is 4.79 Å². The Morgan fingerprint density at radius 2 is 1.78 bits per heavy atom. The molecule has 5 nitrogen and oxygen atoms in total. The van der Waals surface area contributed by atoms with Gasteiger partial charge < -0.3 is 9.47 Å². The summed E-state index contributed by atoms with van der Waals surface area (Å²) in [5, 5.41) is 1.68. The molecule has 4 rings (SSSR count). The number of methoxy groups -OCH3 is 1. The van der Waals surface area contributed by atoms with Crippen LogP contribution >= 0.6 is 57.6 Å². The van der Waals surface area contributed by atoms with Crippen LogP contribution in [0.5, 0.6) is 11.5 Å². The van der Waals surface area contributed by atoms with Crippen molar-refractivity contribution in [1.82, 2.24) is 0 Å². The maximum atomic E-state index is 13.7. The average molecular weight is 665 g/mol. The van der Waals surface area contributed by atoms with Crippen molar-refractivity contribution < 1.29 is 14.3 Å². The Bertz CT molecular complexity index is 1460. The van der Waals surface area contributed by atoms with Crippen LogP contribution in [0.1, 0.15) is 16.7 Å². The lowest BCUT2D eigenvalue weighted by Crippen LogP contribution is -2.28. The number of hydrogen-bond donors (Lipinski definition) is 0. The van der Waals surface area contributed by atoms with Gasteiger partial charge in [-0.15, -0.1) is 0 Å². The third kappa shape index (κ3) is 6.17. The summed E-state index contributed by atoms with van der Waals surface area (Å²) in [6.07, 6.45) is 3.50. The van der Waals surface area contributed by atoms with Crippen LogP contribution in [0.25, 0.3) is 6.08 Å². The first-order chi connectivity index (χ1) is 17.7. The van der Waals surface area contributed by atoms with Crippen molar-refractivity contribution in [1.29, 1.82) is 0 Å². The van der Waals surface area contributed by atoms with Gasteiger partial charge in [-0.1, -0.05) is 48.0 Å². The molecule has 0 aromatic heterocycles. The average Bonchev–Trinajstić information content (AvgIpc) is 3.16. The summed E-state index contributed by atoms with van der Waals surface area (Å²) in [6.45, 7) is 7.90. The molecule has 1 amide bonds. The second-order valence-corrected chi connectivity index (χ2v) is 11.1. The van der Waals surface area contributed by atoms with E-state index in [2.05, 4.69) is 29.2 Å². The van der Waals surface area contributed by atoms with E-state index in [4.69, 9.17) is 37.7 Å². The summed E-state index contributed by atoms with van der Waals surface area (Å²) in [4.78, 5) is 20.5. The summed E-state index contributed by atoms with van der Waals surface area (Å²) in [7, 11) is 1.58. The monoisotopic (exact) mass is 664 g/mol. The zero-order valence-corrected chi connectivity index (χ0v) is 24.8. The van der Waals surface area contributed by atoms with Crippen molar-refractivity contribution in [2.24, 2.45) is 4.99 Å². The summed E-state index contributed by atoms with van der Waals surface area (Å²) in [6, 6.07) is 14.8. The molecule has 0 bridgehead atoms. The van der Waals surface area contributed by atoms with E-state index in [1.165, 1.54) is 11.8 Å².